The number of hydrogen-bond donors (Lipinski definition) is 1. The molecule has 0 aliphatic heterocycles. The molecule has 0 bridgehead atoms. The van der Waals surface area contributed by atoms with Crippen molar-refractivity contribution in [2.24, 2.45) is 0 Å². The van der Waals surface area contributed by atoms with Gasteiger partial charge in [0.1, 0.15) is 0 Å². The second kappa shape index (κ2) is 8.43. The molecular weight excluding hydrogens is 416 g/mol. The molecule has 31 heavy (non-hydrogen) atoms. The summed E-state index contributed by atoms with van der Waals surface area (Å²) < 4.78 is 33.1. The van der Waals surface area contributed by atoms with Gasteiger partial charge in [-0.2, -0.15) is 4.31 Å². The molecule has 2 aromatic rings. The first kappa shape index (κ1) is 21.5. The highest BCUT2D eigenvalue weighted by Gasteiger charge is 2.38. The lowest BCUT2D eigenvalue weighted by molar-refractivity contribution is 0.0600. The van der Waals surface area contributed by atoms with Crippen LogP contribution in [-0.4, -0.2) is 43.8 Å². The zero-order valence-electron chi connectivity index (χ0n) is 17.6. The van der Waals surface area contributed by atoms with Crippen molar-refractivity contribution < 1.29 is 22.7 Å². The zero-order valence-corrected chi connectivity index (χ0v) is 18.4. The molecule has 0 atom stereocenters. The van der Waals surface area contributed by atoms with Crippen LogP contribution in [0.15, 0.2) is 47.4 Å². The van der Waals surface area contributed by atoms with Crippen LogP contribution in [0.25, 0.3) is 0 Å². The van der Waals surface area contributed by atoms with Crippen molar-refractivity contribution in [3.8, 4) is 0 Å². The number of ether oxygens (including phenoxy) is 1. The van der Waals surface area contributed by atoms with Gasteiger partial charge in [-0.3, -0.25) is 4.79 Å². The van der Waals surface area contributed by atoms with Crippen LogP contribution < -0.4 is 5.32 Å². The van der Waals surface area contributed by atoms with Gasteiger partial charge in [-0.25, -0.2) is 13.2 Å². The normalized spacial score (nSPS) is 16.2. The smallest absolute Gasteiger partial charge is 0.337 e. The van der Waals surface area contributed by atoms with Crippen LogP contribution in [0.3, 0.4) is 0 Å². The summed E-state index contributed by atoms with van der Waals surface area (Å²) in [7, 11) is -2.46. The Morgan fingerprint density at radius 2 is 1.68 bits per heavy atom. The lowest BCUT2D eigenvalue weighted by Crippen LogP contribution is -2.33. The van der Waals surface area contributed by atoms with Gasteiger partial charge in [0.05, 0.1) is 17.6 Å². The fraction of sp³-hybridized carbons (Fsp3) is 0.391. The molecule has 0 spiro atoms. The molecule has 2 fully saturated rings. The number of carbonyl (C=O) groups excluding carboxylic acids is 2. The van der Waals surface area contributed by atoms with Gasteiger partial charge < -0.3 is 10.1 Å². The van der Waals surface area contributed by atoms with E-state index in [0.717, 1.165) is 31.2 Å². The van der Waals surface area contributed by atoms with Gasteiger partial charge in [0.25, 0.3) is 5.91 Å². The number of nitrogens with zero attached hydrogens (tertiary/aromatic N) is 1. The van der Waals surface area contributed by atoms with Crippen LogP contribution in [-0.2, 0) is 21.3 Å². The topological polar surface area (TPSA) is 92.8 Å². The Labute approximate surface area is 182 Å². The lowest BCUT2D eigenvalue weighted by Gasteiger charge is -2.23. The molecule has 8 heteroatoms. The summed E-state index contributed by atoms with van der Waals surface area (Å²) in [6, 6.07) is 11.8. The van der Waals surface area contributed by atoms with Gasteiger partial charge >= 0.3 is 5.97 Å². The number of amides is 1. The van der Waals surface area contributed by atoms with Crippen molar-refractivity contribution >= 4 is 21.9 Å². The molecule has 2 aliphatic carbocycles. The highest BCUT2D eigenvalue weighted by molar-refractivity contribution is 7.89. The second-order valence-corrected chi connectivity index (χ2v) is 10.1. The number of aryl methyl sites for hydroxylation is 1. The minimum Gasteiger partial charge on any atom is -0.465 e. The summed E-state index contributed by atoms with van der Waals surface area (Å²) in [5, 5.41) is 2.95. The van der Waals surface area contributed by atoms with E-state index in [1.54, 1.807) is 31.2 Å². The number of sulfonamides is 1. The van der Waals surface area contributed by atoms with Crippen molar-refractivity contribution in [2.45, 2.75) is 56.1 Å². The van der Waals surface area contributed by atoms with Crippen molar-refractivity contribution in [3.05, 3.63) is 64.7 Å². The van der Waals surface area contributed by atoms with E-state index in [4.69, 9.17) is 4.74 Å². The summed E-state index contributed by atoms with van der Waals surface area (Å²) in [5.74, 6) is -0.598. The first-order valence-electron chi connectivity index (χ1n) is 10.4. The molecule has 2 aromatic carbocycles. The molecule has 4 rings (SSSR count). The molecule has 0 aromatic heterocycles. The Morgan fingerprint density at radius 1 is 1.03 bits per heavy atom. The van der Waals surface area contributed by atoms with Crippen molar-refractivity contribution in [2.75, 3.05) is 7.11 Å². The number of rotatable bonds is 8. The Hall–Kier alpha value is -2.71. The second-order valence-electron chi connectivity index (χ2n) is 8.20. The molecule has 0 heterocycles. The summed E-state index contributed by atoms with van der Waals surface area (Å²) in [5.41, 5.74) is 2.21. The monoisotopic (exact) mass is 442 g/mol. The summed E-state index contributed by atoms with van der Waals surface area (Å²) >= 11 is 0. The molecular formula is C23H26N2O5S. The van der Waals surface area contributed by atoms with Gasteiger partial charge in [-0.05, 0) is 74.1 Å². The van der Waals surface area contributed by atoms with E-state index in [1.807, 2.05) is 0 Å². The van der Waals surface area contributed by atoms with Crippen LogP contribution in [0.4, 0.5) is 0 Å². The number of hydrogen-bond acceptors (Lipinski definition) is 5. The minimum atomic E-state index is -3.75. The largest absolute Gasteiger partial charge is 0.465 e. The third kappa shape index (κ3) is 4.80. The van der Waals surface area contributed by atoms with E-state index in [1.165, 1.54) is 29.6 Å². The maximum atomic E-state index is 13.4. The van der Waals surface area contributed by atoms with Crippen LogP contribution in [0.5, 0.6) is 0 Å². The van der Waals surface area contributed by atoms with E-state index < -0.39 is 16.0 Å². The van der Waals surface area contributed by atoms with Crippen molar-refractivity contribution in [3.63, 3.8) is 0 Å². The van der Waals surface area contributed by atoms with E-state index in [0.29, 0.717) is 16.7 Å². The number of methoxy groups -OCH3 is 1. The molecule has 2 saturated carbocycles. The molecule has 0 radical (unpaired) electrons. The average Bonchev–Trinajstić information content (AvgIpc) is 3.66. The molecule has 164 valence electrons. The summed E-state index contributed by atoms with van der Waals surface area (Å²) in [6.45, 7) is 1.91. The predicted octanol–water partition coefficient (Wildman–Crippen LogP) is 3.03. The first-order chi connectivity index (χ1) is 14.8. The van der Waals surface area contributed by atoms with Crippen molar-refractivity contribution in [1.82, 2.24) is 9.62 Å². The molecule has 1 N–H and O–H groups in total. The number of esters is 1. The fourth-order valence-corrected chi connectivity index (χ4v) is 5.40. The number of nitrogens with one attached hydrogen (secondary N) is 1. The molecule has 1 amide bonds. The SMILES string of the molecule is COC(=O)c1ccc(S(=O)(=O)N(Cc2ccc(C(=O)NC3CC3)cc2)C2CC2)c(C)c1. The van der Waals surface area contributed by atoms with Gasteiger partial charge in [0, 0.05) is 24.2 Å². The van der Waals surface area contributed by atoms with E-state index >= 15 is 0 Å². The molecule has 0 unspecified atom stereocenters. The Morgan fingerprint density at radius 3 is 2.23 bits per heavy atom. The maximum absolute atomic E-state index is 13.4. The van der Waals surface area contributed by atoms with Gasteiger partial charge in [-0.15, -0.1) is 0 Å². The number of benzene rings is 2. The first-order valence-corrected chi connectivity index (χ1v) is 11.8. The molecule has 0 saturated heterocycles. The van der Waals surface area contributed by atoms with E-state index in [9.17, 15) is 18.0 Å². The summed E-state index contributed by atoms with van der Waals surface area (Å²) in [6.07, 6.45) is 3.69. The molecule has 2 aliphatic rings. The zero-order chi connectivity index (χ0) is 22.2. The number of carbonyl (C=O) groups is 2. The maximum Gasteiger partial charge on any atom is 0.337 e. The van der Waals surface area contributed by atoms with Crippen LogP contribution in [0, 0.1) is 6.92 Å². The highest BCUT2D eigenvalue weighted by Crippen LogP contribution is 2.34. The molecule has 7 nitrogen and oxygen atoms in total. The lowest BCUT2D eigenvalue weighted by atomic mass is 10.1. The van der Waals surface area contributed by atoms with Gasteiger partial charge in [0.2, 0.25) is 10.0 Å². The van der Waals surface area contributed by atoms with Crippen LogP contribution in [0.2, 0.25) is 0 Å². The Balaban J connectivity index is 1.54. The quantitative estimate of drug-likeness (QED) is 0.635. The van der Waals surface area contributed by atoms with E-state index in [2.05, 4.69) is 5.32 Å². The third-order valence-corrected chi connectivity index (χ3v) is 7.66. The summed E-state index contributed by atoms with van der Waals surface area (Å²) in [4.78, 5) is 24.1. The Kier molecular flexibility index (Phi) is 5.85. The van der Waals surface area contributed by atoms with Crippen LogP contribution >= 0.6 is 0 Å². The van der Waals surface area contributed by atoms with Gasteiger partial charge in [0.15, 0.2) is 0 Å². The average molecular weight is 443 g/mol. The minimum absolute atomic E-state index is 0.0393. The van der Waals surface area contributed by atoms with Crippen LogP contribution in [0.1, 0.15) is 57.5 Å². The standard InChI is InChI=1S/C23H26N2O5S/c1-15-13-18(23(27)30-2)7-12-21(15)31(28,29)25(20-10-11-20)14-16-3-5-17(6-4-16)22(26)24-19-8-9-19/h3-7,12-13,19-20H,8-11,14H2,1-2H3,(H,24,26). The van der Waals surface area contributed by atoms with Gasteiger partial charge in [-0.1, -0.05) is 12.1 Å². The Bertz CT molecular complexity index is 1100. The highest BCUT2D eigenvalue weighted by atomic mass is 32.2. The van der Waals surface area contributed by atoms with E-state index in [-0.39, 0.29) is 29.4 Å². The van der Waals surface area contributed by atoms with Crippen molar-refractivity contribution in [1.29, 1.82) is 0 Å². The third-order valence-electron chi connectivity index (χ3n) is 5.60. The predicted molar refractivity (Wildman–Crippen MR) is 115 cm³/mol. The fourth-order valence-electron chi connectivity index (χ4n) is 3.52.